The van der Waals surface area contributed by atoms with Gasteiger partial charge in [-0.05, 0) is 24.0 Å². The van der Waals surface area contributed by atoms with Gasteiger partial charge in [0.05, 0.1) is 0 Å². The standard InChI is InChI=1S/C20H23N7O6S.ClH/c28-18(23-15-11-13-3-1-2-4-14(13)12-15)16-17(22-6-5-21-16)24-19(29)26-7-9-27(10-8-26)34(32,33)25-20(30)31;/h1-6,15,25H,7-12H2,(H,23,28)(H,30,31)(H,22,24,29);1H. The fourth-order valence-electron chi connectivity index (χ4n) is 4.00. The number of hydrogen-bond acceptors (Lipinski definition) is 7. The van der Waals surface area contributed by atoms with Crippen molar-refractivity contribution in [3.8, 4) is 0 Å². The Morgan fingerprint density at radius 1 is 0.971 bits per heavy atom. The summed E-state index contributed by atoms with van der Waals surface area (Å²) in [5.74, 6) is -0.472. The lowest BCUT2D eigenvalue weighted by atomic mass is 10.1. The van der Waals surface area contributed by atoms with Gasteiger partial charge in [-0.3, -0.25) is 10.1 Å². The second-order valence-electron chi connectivity index (χ2n) is 7.83. The van der Waals surface area contributed by atoms with Crippen LogP contribution >= 0.6 is 12.4 Å². The van der Waals surface area contributed by atoms with E-state index < -0.39 is 28.2 Å². The summed E-state index contributed by atoms with van der Waals surface area (Å²) >= 11 is 0. The van der Waals surface area contributed by atoms with Gasteiger partial charge in [-0.2, -0.15) is 12.7 Å². The monoisotopic (exact) mass is 525 g/mol. The van der Waals surface area contributed by atoms with Crippen LogP contribution in [0.3, 0.4) is 0 Å². The third-order valence-corrected chi connectivity index (χ3v) is 7.08. The van der Waals surface area contributed by atoms with Gasteiger partial charge in [0.25, 0.3) is 5.91 Å². The van der Waals surface area contributed by atoms with Gasteiger partial charge in [-0.15, -0.1) is 12.4 Å². The Labute approximate surface area is 207 Å². The number of rotatable bonds is 5. The highest BCUT2D eigenvalue weighted by molar-refractivity contribution is 7.87. The van der Waals surface area contributed by atoms with Crippen LogP contribution in [0.15, 0.2) is 36.7 Å². The Hall–Kier alpha value is -3.49. The van der Waals surface area contributed by atoms with Gasteiger partial charge in [0.15, 0.2) is 11.5 Å². The molecule has 188 valence electrons. The third kappa shape index (κ3) is 6.15. The number of hydrogen-bond donors (Lipinski definition) is 4. The van der Waals surface area contributed by atoms with Crippen molar-refractivity contribution in [2.24, 2.45) is 0 Å². The quantitative estimate of drug-likeness (QED) is 0.435. The maximum absolute atomic E-state index is 12.9. The minimum absolute atomic E-state index is 0. The molecule has 0 atom stereocenters. The number of fused-ring (bicyclic) bond motifs is 1. The molecule has 4 N–H and O–H groups in total. The second-order valence-corrected chi connectivity index (χ2v) is 9.50. The van der Waals surface area contributed by atoms with Crippen molar-refractivity contribution in [3.05, 3.63) is 53.5 Å². The van der Waals surface area contributed by atoms with Crippen molar-refractivity contribution in [2.45, 2.75) is 18.9 Å². The zero-order chi connectivity index (χ0) is 24.3. The Morgan fingerprint density at radius 2 is 1.57 bits per heavy atom. The van der Waals surface area contributed by atoms with Gasteiger partial charge in [-0.1, -0.05) is 24.3 Å². The summed E-state index contributed by atoms with van der Waals surface area (Å²) in [7, 11) is -4.19. The molecule has 0 unspecified atom stereocenters. The molecular formula is C20H24ClN7O6S. The first kappa shape index (κ1) is 26.1. The molecule has 2 aromatic rings. The number of nitrogens with zero attached hydrogens (tertiary/aromatic N) is 4. The van der Waals surface area contributed by atoms with Gasteiger partial charge in [0.2, 0.25) is 0 Å². The number of benzene rings is 1. The molecule has 2 aliphatic rings. The molecule has 0 radical (unpaired) electrons. The number of aromatic nitrogens is 2. The minimum atomic E-state index is -4.19. The second kappa shape index (κ2) is 10.8. The molecule has 1 aliphatic heterocycles. The van der Waals surface area contributed by atoms with Crippen LogP contribution in [0.4, 0.5) is 15.4 Å². The van der Waals surface area contributed by atoms with Crippen LogP contribution in [0.1, 0.15) is 21.6 Å². The molecular weight excluding hydrogens is 502 g/mol. The molecule has 0 spiro atoms. The van der Waals surface area contributed by atoms with Gasteiger partial charge in [-0.25, -0.2) is 24.3 Å². The molecule has 4 rings (SSSR count). The van der Waals surface area contributed by atoms with Gasteiger partial charge in [0.1, 0.15) is 0 Å². The summed E-state index contributed by atoms with van der Waals surface area (Å²) < 4.78 is 26.3. The molecule has 1 aromatic carbocycles. The van der Waals surface area contributed by atoms with E-state index in [4.69, 9.17) is 5.11 Å². The van der Waals surface area contributed by atoms with Crippen molar-refractivity contribution >= 4 is 46.5 Å². The summed E-state index contributed by atoms with van der Waals surface area (Å²) in [6, 6.07) is 7.29. The number of carbonyl (C=O) groups excluding carboxylic acids is 2. The van der Waals surface area contributed by atoms with Crippen molar-refractivity contribution < 1.29 is 27.9 Å². The SMILES string of the molecule is Cl.O=C(O)NS(=O)(=O)N1CCN(C(=O)Nc2nccnc2C(=O)NC2Cc3ccccc3C2)CC1. The number of anilines is 1. The van der Waals surface area contributed by atoms with E-state index in [0.29, 0.717) is 12.8 Å². The Bertz CT molecular complexity index is 1190. The number of urea groups is 1. The lowest BCUT2D eigenvalue weighted by Crippen LogP contribution is -2.54. The first-order valence-corrected chi connectivity index (χ1v) is 11.9. The molecule has 13 nitrogen and oxygen atoms in total. The summed E-state index contributed by atoms with van der Waals surface area (Å²) in [6.07, 6.45) is 2.42. The zero-order valence-electron chi connectivity index (χ0n) is 18.4. The highest BCUT2D eigenvalue weighted by atomic mass is 35.5. The Kier molecular flexibility index (Phi) is 8.09. The van der Waals surface area contributed by atoms with Crippen molar-refractivity contribution in [2.75, 3.05) is 31.5 Å². The lowest BCUT2D eigenvalue weighted by Gasteiger charge is -2.33. The van der Waals surface area contributed by atoms with Crippen molar-refractivity contribution in [3.63, 3.8) is 0 Å². The highest BCUT2D eigenvalue weighted by Crippen LogP contribution is 2.22. The first-order valence-electron chi connectivity index (χ1n) is 10.5. The molecule has 1 fully saturated rings. The van der Waals surface area contributed by atoms with Gasteiger partial charge < -0.3 is 15.3 Å². The normalized spacial score (nSPS) is 16.1. The summed E-state index contributed by atoms with van der Waals surface area (Å²) in [6.45, 7) is -0.138. The van der Waals surface area contributed by atoms with Gasteiger partial charge >= 0.3 is 22.3 Å². The Balaban J connectivity index is 0.00000342. The van der Waals surface area contributed by atoms with Gasteiger partial charge in [0, 0.05) is 44.6 Å². The van der Waals surface area contributed by atoms with E-state index in [-0.39, 0.29) is 56.1 Å². The molecule has 1 aromatic heterocycles. The van der Waals surface area contributed by atoms with Crippen LogP contribution in [0.25, 0.3) is 0 Å². The largest absolute Gasteiger partial charge is 0.464 e. The van der Waals surface area contributed by atoms with E-state index in [2.05, 4.69) is 20.6 Å². The van der Waals surface area contributed by atoms with Crippen molar-refractivity contribution in [1.29, 1.82) is 0 Å². The topological polar surface area (TPSA) is 174 Å². The molecule has 0 saturated carbocycles. The number of halogens is 1. The highest BCUT2D eigenvalue weighted by Gasteiger charge is 2.31. The smallest absolute Gasteiger partial charge is 0.419 e. The van der Waals surface area contributed by atoms with E-state index in [0.717, 1.165) is 4.31 Å². The molecule has 1 aliphatic carbocycles. The van der Waals surface area contributed by atoms with Crippen LogP contribution < -0.4 is 15.4 Å². The molecule has 15 heteroatoms. The van der Waals surface area contributed by atoms with Crippen LogP contribution in [-0.4, -0.2) is 82.9 Å². The van der Waals surface area contributed by atoms with Crippen molar-refractivity contribution in [1.82, 2.24) is 29.2 Å². The number of piperazine rings is 1. The van der Waals surface area contributed by atoms with E-state index in [9.17, 15) is 22.8 Å². The molecule has 2 heterocycles. The number of carboxylic acid groups (broad SMARTS) is 1. The molecule has 0 bridgehead atoms. The fraction of sp³-hybridized carbons (Fsp3) is 0.350. The predicted molar refractivity (Wildman–Crippen MR) is 127 cm³/mol. The number of nitrogens with one attached hydrogen (secondary N) is 3. The first-order chi connectivity index (χ1) is 16.2. The van der Waals surface area contributed by atoms with Crippen LogP contribution in [-0.2, 0) is 23.1 Å². The minimum Gasteiger partial charge on any atom is -0.464 e. The third-order valence-electron chi connectivity index (χ3n) is 5.61. The van der Waals surface area contributed by atoms with E-state index in [1.54, 1.807) is 0 Å². The fourth-order valence-corrected chi connectivity index (χ4v) is 4.99. The summed E-state index contributed by atoms with van der Waals surface area (Å²) in [5, 5.41) is 14.2. The average Bonchev–Trinajstić information content (AvgIpc) is 3.21. The summed E-state index contributed by atoms with van der Waals surface area (Å²) in [4.78, 5) is 45.7. The zero-order valence-corrected chi connectivity index (χ0v) is 20.0. The lowest BCUT2D eigenvalue weighted by molar-refractivity contribution is 0.0934. The molecule has 4 amide bonds. The number of amides is 4. The maximum atomic E-state index is 12.9. The predicted octanol–water partition coefficient (Wildman–Crippen LogP) is 0.458. The van der Waals surface area contributed by atoms with E-state index >= 15 is 0 Å². The van der Waals surface area contributed by atoms with Crippen LogP contribution in [0.2, 0.25) is 0 Å². The Morgan fingerprint density at radius 3 is 2.17 bits per heavy atom. The van der Waals surface area contributed by atoms with E-state index in [1.165, 1.54) is 33.1 Å². The van der Waals surface area contributed by atoms with Crippen LogP contribution in [0.5, 0.6) is 0 Å². The number of carbonyl (C=O) groups is 3. The summed E-state index contributed by atoms with van der Waals surface area (Å²) in [5.41, 5.74) is 2.33. The van der Waals surface area contributed by atoms with E-state index in [1.807, 2.05) is 24.3 Å². The average molecular weight is 526 g/mol. The molecule has 1 saturated heterocycles. The van der Waals surface area contributed by atoms with Crippen LogP contribution in [0, 0.1) is 0 Å². The molecule has 35 heavy (non-hydrogen) atoms. The maximum Gasteiger partial charge on any atom is 0.419 e.